The van der Waals surface area contributed by atoms with Crippen LogP contribution in [0.3, 0.4) is 0 Å². The summed E-state index contributed by atoms with van der Waals surface area (Å²) >= 11 is 11.7. The summed E-state index contributed by atoms with van der Waals surface area (Å²) in [6.07, 6.45) is 0. The Morgan fingerprint density at radius 2 is 1.76 bits per heavy atom. The first-order chi connectivity index (χ1) is 9.97. The van der Waals surface area contributed by atoms with Crippen LogP contribution in [-0.4, -0.2) is 19.6 Å². The molecule has 0 fully saturated rings. The average molecular weight is 325 g/mol. The van der Waals surface area contributed by atoms with Crippen molar-refractivity contribution in [3.05, 3.63) is 52.5 Å². The predicted molar refractivity (Wildman–Crippen MR) is 86.2 cm³/mol. The van der Waals surface area contributed by atoms with Gasteiger partial charge in [-0.2, -0.15) is 0 Å². The van der Waals surface area contributed by atoms with Crippen LogP contribution >= 0.6 is 23.2 Å². The lowest BCUT2D eigenvalue weighted by atomic mass is 10.2. The minimum absolute atomic E-state index is 0.107. The molecular formula is C15H14Cl2N2O2. The van der Waals surface area contributed by atoms with Gasteiger partial charge in [0.05, 0.1) is 11.4 Å². The third kappa shape index (κ3) is 4.03. The van der Waals surface area contributed by atoms with Crippen LogP contribution in [0.25, 0.3) is 0 Å². The number of benzene rings is 2. The van der Waals surface area contributed by atoms with E-state index < -0.39 is 0 Å². The van der Waals surface area contributed by atoms with E-state index in [2.05, 4.69) is 0 Å². The Morgan fingerprint density at radius 3 is 2.43 bits per heavy atom. The highest BCUT2D eigenvalue weighted by Gasteiger charge is 2.14. The third-order valence-corrected chi connectivity index (χ3v) is 3.39. The van der Waals surface area contributed by atoms with Gasteiger partial charge in [-0.25, -0.2) is 0 Å². The number of halogens is 2. The van der Waals surface area contributed by atoms with Crippen LogP contribution in [0.5, 0.6) is 5.75 Å². The molecule has 0 bridgehead atoms. The largest absolute Gasteiger partial charge is 0.484 e. The van der Waals surface area contributed by atoms with Gasteiger partial charge in [0.25, 0.3) is 5.91 Å². The second-order valence-corrected chi connectivity index (χ2v) is 5.27. The van der Waals surface area contributed by atoms with Crippen LogP contribution in [0.4, 0.5) is 11.4 Å². The maximum Gasteiger partial charge on any atom is 0.264 e. The number of hydrogen-bond donors (Lipinski definition) is 1. The van der Waals surface area contributed by atoms with E-state index in [0.29, 0.717) is 27.2 Å². The summed E-state index contributed by atoms with van der Waals surface area (Å²) in [5, 5.41) is 1.12. The molecule has 0 heterocycles. The molecule has 110 valence electrons. The molecule has 21 heavy (non-hydrogen) atoms. The van der Waals surface area contributed by atoms with E-state index in [1.165, 1.54) is 4.90 Å². The number of nitrogens with zero attached hydrogens (tertiary/aromatic N) is 1. The maximum absolute atomic E-state index is 12.1. The Balaban J connectivity index is 2.02. The molecule has 0 saturated heterocycles. The van der Waals surface area contributed by atoms with Gasteiger partial charge in [-0.05, 0) is 42.5 Å². The molecule has 4 nitrogen and oxygen atoms in total. The number of carbonyl (C=O) groups is 1. The number of amides is 1. The van der Waals surface area contributed by atoms with E-state index in [-0.39, 0.29) is 12.5 Å². The summed E-state index contributed by atoms with van der Waals surface area (Å²) in [5.74, 6) is 0.333. The lowest BCUT2D eigenvalue weighted by Crippen LogP contribution is -2.31. The van der Waals surface area contributed by atoms with Crippen LogP contribution in [0.1, 0.15) is 0 Å². The van der Waals surface area contributed by atoms with Crippen molar-refractivity contribution in [2.75, 3.05) is 24.3 Å². The quantitative estimate of drug-likeness (QED) is 0.874. The zero-order valence-electron chi connectivity index (χ0n) is 11.3. The standard InChI is InChI=1S/C15H14Cl2N2O2/c1-19(14-8-11(17)4-7-13(14)18)15(20)9-21-12-5-2-10(16)3-6-12/h2-8H,9,18H2,1H3. The number of carbonyl (C=O) groups excluding carboxylic acids is 1. The molecule has 2 aromatic carbocycles. The highest BCUT2D eigenvalue weighted by atomic mass is 35.5. The van der Waals surface area contributed by atoms with Crippen molar-refractivity contribution in [2.45, 2.75) is 0 Å². The molecule has 2 aromatic rings. The fourth-order valence-corrected chi connectivity index (χ4v) is 2.01. The van der Waals surface area contributed by atoms with Crippen LogP contribution < -0.4 is 15.4 Å². The zero-order valence-corrected chi connectivity index (χ0v) is 12.9. The molecule has 0 radical (unpaired) electrons. The summed E-state index contributed by atoms with van der Waals surface area (Å²) in [4.78, 5) is 13.5. The van der Waals surface area contributed by atoms with Gasteiger partial charge in [0, 0.05) is 17.1 Å². The Kier molecular flexibility index (Phi) is 4.94. The van der Waals surface area contributed by atoms with Gasteiger partial charge in [0.1, 0.15) is 5.75 Å². The molecule has 0 aliphatic rings. The minimum Gasteiger partial charge on any atom is -0.484 e. The van der Waals surface area contributed by atoms with Crippen molar-refractivity contribution in [3.8, 4) is 5.75 Å². The smallest absolute Gasteiger partial charge is 0.264 e. The van der Waals surface area contributed by atoms with Crippen molar-refractivity contribution in [1.82, 2.24) is 0 Å². The van der Waals surface area contributed by atoms with Crippen LogP contribution in [0.2, 0.25) is 10.0 Å². The monoisotopic (exact) mass is 324 g/mol. The molecular weight excluding hydrogens is 311 g/mol. The van der Waals surface area contributed by atoms with E-state index in [9.17, 15) is 4.79 Å². The number of nitrogen functional groups attached to an aromatic ring is 1. The molecule has 0 saturated carbocycles. The number of rotatable bonds is 4. The second-order valence-electron chi connectivity index (χ2n) is 4.40. The molecule has 1 amide bonds. The van der Waals surface area contributed by atoms with Gasteiger partial charge >= 0.3 is 0 Å². The van der Waals surface area contributed by atoms with Gasteiger partial charge in [-0.15, -0.1) is 0 Å². The second kappa shape index (κ2) is 6.70. The summed E-state index contributed by atoms with van der Waals surface area (Å²) in [6.45, 7) is -0.107. The van der Waals surface area contributed by atoms with Gasteiger partial charge in [0.15, 0.2) is 6.61 Å². The summed E-state index contributed by atoms with van der Waals surface area (Å²) in [5.41, 5.74) is 6.87. The Hall–Kier alpha value is -1.91. The molecule has 2 N–H and O–H groups in total. The summed E-state index contributed by atoms with van der Waals surface area (Å²) < 4.78 is 5.41. The van der Waals surface area contributed by atoms with E-state index >= 15 is 0 Å². The lowest BCUT2D eigenvalue weighted by molar-refractivity contribution is -0.120. The first-order valence-corrected chi connectivity index (χ1v) is 6.93. The topological polar surface area (TPSA) is 55.6 Å². The number of anilines is 2. The van der Waals surface area contributed by atoms with Gasteiger partial charge < -0.3 is 15.4 Å². The van der Waals surface area contributed by atoms with Gasteiger partial charge in [-0.1, -0.05) is 23.2 Å². The Morgan fingerprint density at radius 1 is 1.14 bits per heavy atom. The molecule has 0 aliphatic heterocycles. The third-order valence-electron chi connectivity index (χ3n) is 2.90. The minimum atomic E-state index is -0.237. The van der Waals surface area contributed by atoms with E-state index in [4.69, 9.17) is 33.7 Å². The first kappa shape index (κ1) is 15.5. The number of hydrogen-bond acceptors (Lipinski definition) is 3. The van der Waals surface area contributed by atoms with Crippen LogP contribution in [0, 0.1) is 0 Å². The van der Waals surface area contributed by atoms with Crippen molar-refractivity contribution < 1.29 is 9.53 Å². The fraction of sp³-hybridized carbons (Fsp3) is 0.133. The van der Waals surface area contributed by atoms with Crippen molar-refractivity contribution in [1.29, 1.82) is 0 Å². The predicted octanol–water partition coefficient (Wildman–Crippen LogP) is 3.62. The molecule has 0 aliphatic carbocycles. The van der Waals surface area contributed by atoms with Gasteiger partial charge in [-0.3, -0.25) is 4.79 Å². The molecule has 2 rings (SSSR count). The highest BCUT2D eigenvalue weighted by molar-refractivity contribution is 6.31. The molecule has 0 spiro atoms. The highest BCUT2D eigenvalue weighted by Crippen LogP contribution is 2.26. The average Bonchev–Trinajstić information content (AvgIpc) is 2.48. The SMILES string of the molecule is CN(C(=O)COc1ccc(Cl)cc1)c1cc(Cl)ccc1N. The first-order valence-electron chi connectivity index (χ1n) is 6.17. The summed E-state index contributed by atoms with van der Waals surface area (Å²) in [7, 11) is 1.62. The van der Waals surface area contributed by atoms with Gasteiger partial charge in [0.2, 0.25) is 0 Å². The number of ether oxygens (including phenoxy) is 1. The Labute approximate surface area is 133 Å². The lowest BCUT2D eigenvalue weighted by Gasteiger charge is -2.19. The van der Waals surface area contributed by atoms with Crippen LogP contribution in [-0.2, 0) is 4.79 Å². The van der Waals surface area contributed by atoms with E-state index in [1.54, 1.807) is 49.5 Å². The molecule has 6 heteroatoms. The van der Waals surface area contributed by atoms with Crippen molar-refractivity contribution >= 4 is 40.5 Å². The normalized spacial score (nSPS) is 10.2. The number of likely N-dealkylation sites (N-methyl/N-ethyl adjacent to an activating group) is 1. The van der Waals surface area contributed by atoms with Crippen molar-refractivity contribution in [2.24, 2.45) is 0 Å². The molecule has 0 aromatic heterocycles. The maximum atomic E-state index is 12.1. The van der Waals surface area contributed by atoms with E-state index in [1.807, 2.05) is 0 Å². The van der Waals surface area contributed by atoms with Crippen LogP contribution in [0.15, 0.2) is 42.5 Å². The summed E-state index contributed by atoms with van der Waals surface area (Å²) in [6, 6.07) is 11.7. The Bertz CT molecular complexity index is 645. The zero-order chi connectivity index (χ0) is 15.4. The van der Waals surface area contributed by atoms with E-state index in [0.717, 1.165) is 0 Å². The fourth-order valence-electron chi connectivity index (χ4n) is 1.71. The molecule has 0 atom stereocenters. The molecule has 0 unspecified atom stereocenters. The van der Waals surface area contributed by atoms with Crippen molar-refractivity contribution in [3.63, 3.8) is 0 Å². The number of nitrogens with two attached hydrogens (primary N) is 1.